The minimum absolute atomic E-state index is 0.0793. The lowest BCUT2D eigenvalue weighted by Gasteiger charge is -2.09. The van der Waals surface area contributed by atoms with Crippen molar-refractivity contribution in [2.45, 2.75) is 13.5 Å². The molecule has 0 aliphatic heterocycles. The number of nitrogens with zero attached hydrogens (tertiary/aromatic N) is 1. The van der Waals surface area contributed by atoms with E-state index >= 15 is 0 Å². The van der Waals surface area contributed by atoms with Crippen LogP contribution in [0.25, 0.3) is 0 Å². The van der Waals surface area contributed by atoms with Crippen LogP contribution in [-0.4, -0.2) is 11.0 Å². The van der Waals surface area contributed by atoms with E-state index in [0.717, 1.165) is 17.1 Å². The fourth-order valence-electron chi connectivity index (χ4n) is 1.57. The standard InChI is InChI=1S/C13H14N2O3/c1-9-7-10(13(14)15-16)4-5-12(9)18-8-11-3-2-6-17-11/h2-7,16H,8H2,1H3,(H2,14,15). The molecule has 18 heavy (non-hydrogen) atoms. The highest BCUT2D eigenvalue weighted by molar-refractivity contribution is 5.97. The Bertz CT molecular complexity index is 547. The second-order valence-electron chi connectivity index (χ2n) is 3.83. The monoisotopic (exact) mass is 246 g/mol. The highest BCUT2D eigenvalue weighted by Gasteiger charge is 2.05. The molecule has 5 nitrogen and oxygen atoms in total. The predicted molar refractivity (Wildman–Crippen MR) is 66.7 cm³/mol. The van der Waals surface area contributed by atoms with E-state index in [1.807, 2.05) is 19.1 Å². The van der Waals surface area contributed by atoms with Crippen LogP contribution in [0.4, 0.5) is 0 Å². The highest BCUT2D eigenvalue weighted by atomic mass is 16.5. The Morgan fingerprint density at radius 3 is 2.89 bits per heavy atom. The van der Waals surface area contributed by atoms with Gasteiger partial charge < -0.3 is 20.1 Å². The maximum atomic E-state index is 8.60. The molecule has 0 aliphatic carbocycles. The molecule has 0 unspecified atom stereocenters. The van der Waals surface area contributed by atoms with Gasteiger partial charge in [-0.2, -0.15) is 0 Å². The van der Waals surface area contributed by atoms with Crippen LogP contribution in [0.5, 0.6) is 5.75 Å². The number of oxime groups is 1. The predicted octanol–water partition coefficient (Wildman–Crippen LogP) is 2.26. The quantitative estimate of drug-likeness (QED) is 0.375. The molecule has 0 aliphatic rings. The Kier molecular flexibility index (Phi) is 3.52. The van der Waals surface area contributed by atoms with Gasteiger partial charge in [0, 0.05) is 5.56 Å². The van der Waals surface area contributed by atoms with Crippen LogP contribution in [0, 0.1) is 6.92 Å². The number of rotatable bonds is 4. The summed E-state index contributed by atoms with van der Waals surface area (Å²) in [6.07, 6.45) is 1.60. The molecule has 5 heteroatoms. The summed E-state index contributed by atoms with van der Waals surface area (Å²) in [5.41, 5.74) is 7.07. The normalized spacial score (nSPS) is 11.5. The van der Waals surface area contributed by atoms with Gasteiger partial charge in [0.1, 0.15) is 18.1 Å². The van der Waals surface area contributed by atoms with Crippen LogP contribution in [-0.2, 0) is 6.61 Å². The molecule has 0 bridgehead atoms. The van der Waals surface area contributed by atoms with Crippen molar-refractivity contribution in [3.8, 4) is 5.75 Å². The van der Waals surface area contributed by atoms with E-state index in [0.29, 0.717) is 12.2 Å². The van der Waals surface area contributed by atoms with Gasteiger partial charge in [-0.3, -0.25) is 0 Å². The molecule has 3 N–H and O–H groups in total. The lowest BCUT2D eigenvalue weighted by atomic mass is 10.1. The first-order chi connectivity index (χ1) is 8.70. The third-order valence-corrected chi connectivity index (χ3v) is 2.53. The van der Waals surface area contributed by atoms with E-state index < -0.39 is 0 Å². The van der Waals surface area contributed by atoms with Gasteiger partial charge in [0.15, 0.2) is 5.84 Å². The fraction of sp³-hybridized carbons (Fsp3) is 0.154. The Morgan fingerprint density at radius 2 is 2.28 bits per heavy atom. The summed E-state index contributed by atoms with van der Waals surface area (Å²) in [5.74, 6) is 1.58. The van der Waals surface area contributed by atoms with Crippen molar-refractivity contribution in [3.63, 3.8) is 0 Å². The summed E-state index contributed by atoms with van der Waals surface area (Å²) in [7, 11) is 0. The van der Waals surface area contributed by atoms with Crippen LogP contribution in [0.3, 0.4) is 0 Å². The number of aryl methyl sites for hydroxylation is 1. The number of furan rings is 1. The number of hydrogen-bond donors (Lipinski definition) is 2. The van der Waals surface area contributed by atoms with Crippen molar-refractivity contribution < 1.29 is 14.4 Å². The fourth-order valence-corrected chi connectivity index (χ4v) is 1.57. The molecule has 0 amide bonds. The zero-order valence-electron chi connectivity index (χ0n) is 9.96. The molecular formula is C13H14N2O3. The summed E-state index contributed by atoms with van der Waals surface area (Å²) >= 11 is 0. The van der Waals surface area contributed by atoms with Gasteiger partial charge in [-0.15, -0.1) is 0 Å². The molecule has 0 atom stereocenters. The largest absolute Gasteiger partial charge is 0.485 e. The van der Waals surface area contributed by atoms with Gasteiger partial charge >= 0.3 is 0 Å². The van der Waals surface area contributed by atoms with Crippen LogP contribution in [0.2, 0.25) is 0 Å². The molecule has 1 aromatic heterocycles. The Labute approximate surface area is 104 Å². The second-order valence-corrected chi connectivity index (χ2v) is 3.83. The zero-order chi connectivity index (χ0) is 13.0. The van der Waals surface area contributed by atoms with Crippen molar-refractivity contribution in [2.24, 2.45) is 10.9 Å². The maximum absolute atomic E-state index is 8.60. The van der Waals surface area contributed by atoms with Gasteiger partial charge in [-0.05, 0) is 42.8 Å². The summed E-state index contributed by atoms with van der Waals surface area (Å²) in [4.78, 5) is 0. The smallest absolute Gasteiger partial charge is 0.170 e. The Morgan fingerprint density at radius 1 is 1.44 bits per heavy atom. The number of amidine groups is 1. The van der Waals surface area contributed by atoms with Gasteiger partial charge in [0.05, 0.1) is 6.26 Å². The van der Waals surface area contributed by atoms with Crippen molar-refractivity contribution in [1.29, 1.82) is 0 Å². The number of nitrogens with two attached hydrogens (primary N) is 1. The molecule has 1 aromatic carbocycles. The van der Waals surface area contributed by atoms with Crippen molar-refractivity contribution in [3.05, 3.63) is 53.5 Å². The topological polar surface area (TPSA) is 81.0 Å². The van der Waals surface area contributed by atoms with Crippen LogP contribution in [0.15, 0.2) is 46.2 Å². The van der Waals surface area contributed by atoms with E-state index in [1.165, 1.54) is 0 Å². The molecule has 0 radical (unpaired) electrons. The van der Waals surface area contributed by atoms with E-state index in [9.17, 15) is 0 Å². The molecular weight excluding hydrogens is 232 g/mol. The van der Waals surface area contributed by atoms with Crippen LogP contribution < -0.4 is 10.5 Å². The summed E-state index contributed by atoms with van der Waals surface area (Å²) in [6, 6.07) is 8.98. The first kappa shape index (κ1) is 12.0. The zero-order valence-corrected chi connectivity index (χ0v) is 9.96. The Balaban J connectivity index is 2.10. The lowest BCUT2D eigenvalue weighted by Crippen LogP contribution is -2.13. The molecule has 94 valence electrons. The number of ether oxygens (including phenoxy) is 1. The van der Waals surface area contributed by atoms with Crippen molar-refractivity contribution in [1.82, 2.24) is 0 Å². The molecule has 1 heterocycles. The first-order valence-corrected chi connectivity index (χ1v) is 5.44. The molecule has 2 rings (SSSR count). The van der Waals surface area contributed by atoms with Gasteiger partial charge in [-0.1, -0.05) is 5.16 Å². The van der Waals surface area contributed by atoms with E-state index in [1.54, 1.807) is 24.5 Å². The second kappa shape index (κ2) is 5.27. The van der Waals surface area contributed by atoms with Crippen molar-refractivity contribution >= 4 is 5.84 Å². The number of hydrogen-bond acceptors (Lipinski definition) is 4. The van der Waals surface area contributed by atoms with Gasteiger partial charge in [0.2, 0.25) is 0 Å². The lowest BCUT2D eigenvalue weighted by molar-refractivity contribution is 0.268. The van der Waals surface area contributed by atoms with Crippen molar-refractivity contribution in [2.75, 3.05) is 0 Å². The molecule has 0 saturated carbocycles. The summed E-state index contributed by atoms with van der Waals surface area (Å²) in [6.45, 7) is 2.27. The van der Waals surface area contributed by atoms with Gasteiger partial charge in [-0.25, -0.2) is 0 Å². The number of benzene rings is 1. The summed E-state index contributed by atoms with van der Waals surface area (Å²) in [5, 5.41) is 11.6. The highest BCUT2D eigenvalue weighted by Crippen LogP contribution is 2.20. The van der Waals surface area contributed by atoms with E-state index in [2.05, 4.69) is 5.16 Å². The first-order valence-electron chi connectivity index (χ1n) is 5.44. The maximum Gasteiger partial charge on any atom is 0.170 e. The molecule has 2 aromatic rings. The third kappa shape index (κ3) is 2.63. The van der Waals surface area contributed by atoms with Crippen LogP contribution >= 0.6 is 0 Å². The molecule has 0 spiro atoms. The minimum atomic E-state index is 0.0793. The van der Waals surface area contributed by atoms with E-state index in [4.69, 9.17) is 20.1 Å². The minimum Gasteiger partial charge on any atom is -0.485 e. The average molecular weight is 246 g/mol. The average Bonchev–Trinajstić information content (AvgIpc) is 2.89. The van der Waals surface area contributed by atoms with Crippen LogP contribution in [0.1, 0.15) is 16.9 Å². The SMILES string of the molecule is Cc1cc(/C(N)=N/O)ccc1OCc1ccco1. The molecule has 0 saturated heterocycles. The van der Waals surface area contributed by atoms with Gasteiger partial charge in [0.25, 0.3) is 0 Å². The third-order valence-electron chi connectivity index (χ3n) is 2.53. The Hall–Kier alpha value is -2.43. The van der Waals surface area contributed by atoms with E-state index in [-0.39, 0.29) is 5.84 Å². The molecule has 0 fully saturated rings. The summed E-state index contributed by atoms with van der Waals surface area (Å²) < 4.78 is 10.8.